The van der Waals surface area contributed by atoms with Crippen molar-refractivity contribution < 1.29 is 14.4 Å². The molecule has 0 N–H and O–H groups in total. The molecule has 4 heteroatoms. The van der Waals surface area contributed by atoms with Crippen LogP contribution in [-0.2, 0) is 14.4 Å². The van der Waals surface area contributed by atoms with E-state index >= 15 is 0 Å². The third kappa shape index (κ3) is 1.56. The summed E-state index contributed by atoms with van der Waals surface area (Å²) in [4.78, 5) is 36.2. The van der Waals surface area contributed by atoms with Gasteiger partial charge in [-0.3, -0.25) is 14.5 Å². The van der Waals surface area contributed by atoms with Crippen molar-refractivity contribution in [3.8, 4) is 0 Å². The van der Waals surface area contributed by atoms with E-state index in [4.69, 9.17) is 0 Å². The summed E-state index contributed by atoms with van der Waals surface area (Å²) in [6.07, 6.45) is 0.426. The Bertz CT molecular complexity index is 479. The summed E-state index contributed by atoms with van der Waals surface area (Å²) in [5, 5.41) is 0. The Kier molecular flexibility index (Phi) is 2.58. The van der Waals surface area contributed by atoms with E-state index in [9.17, 15) is 14.4 Å². The number of anilines is 1. The van der Waals surface area contributed by atoms with Crippen molar-refractivity contribution >= 4 is 23.7 Å². The van der Waals surface area contributed by atoms with Gasteiger partial charge in [-0.2, -0.15) is 0 Å². The number of benzene rings is 1. The van der Waals surface area contributed by atoms with E-state index in [1.54, 1.807) is 38.1 Å². The summed E-state index contributed by atoms with van der Waals surface area (Å²) in [5.41, 5.74) is -0.329. The number of Topliss-reactive ketones (excluding diaryl/α,β-unsaturated/α-hetero) is 1. The van der Waals surface area contributed by atoms with Crippen LogP contribution in [0.25, 0.3) is 0 Å². The predicted molar refractivity (Wildman–Crippen MR) is 62.6 cm³/mol. The molecule has 0 aromatic heterocycles. The van der Waals surface area contributed by atoms with Gasteiger partial charge in [0.25, 0.3) is 0 Å². The second-order valence-corrected chi connectivity index (χ2v) is 4.55. The highest BCUT2D eigenvalue weighted by atomic mass is 16.2. The first kappa shape index (κ1) is 11.5. The molecular weight excluding hydrogens is 218 g/mol. The van der Waals surface area contributed by atoms with E-state index in [0.717, 1.165) is 0 Å². The Hall–Kier alpha value is -1.97. The lowest BCUT2D eigenvalue weighted by Gasteiger charge is -2.29. The van der Waals surface area contributed by atoms with Gasteiger partial charge in [0, 0.05) is 5.69 Å². The van der Waals surface area contributed by atoms with E-state index < -0.39 is 17.4 Å². The van der Waals surface area contributed by atoms with Crippen molar-refractivity contribution in [2.45, 2.75) is 19.4 Å². The zero-order valence-corrected chi connectivity index (χ0v) is 9.71. The third-order valence-electron chi connectivity index (χ3n) is 3.08. The summed E-state index contributed by atoms with van der Waals surface area (Å²) in [6.45, 7) is 3.31. The number of carbonyl (C=O) groups excluding carboxylic acids is 3. The molecule has 0 radical (unpaired) electrons. The molecule has 0 bridgehead atoms. The first-order valence-electron chi connectivity index (χ1n) is 5.39. The minimum Gasteiger partial charge on any atom is -0.302 e. The minimum atomic E-state index is -1.16. The van der Waals surface area contributed by atoms with Gasteiger partial charge < -0.3 is 4.79 Å². The van der Waals surface area contributed by atoms with Gasteiger partial charge >= 0.3 is 0 Å². The minimum absolute atomic E-state index is 0.346. The molecule has 1 fully saturated rings. The largest absolute Gasteiger partial charge is 0.302 e. The number of para-hydroxylation sites is 1. The summed E-state index contributed by atoms with van der Waals surface area (Å²) >= 11 is 0. The monoisotopic (exact) mass is 231 g/mol. The number of amides is 1. The van der Waals surface area contributed by atoms with Crippen molar-refractivity contribution in [2.24, 2.45) is 5.92 Å². The van der Waals surface area contributed by atoms with Gasteiger partial charge in [-0.1, -0.05) is 18.2 Å². The van der Waals surface area contributed by atoms with Crippen LogP contribution < -0.4 is 4.90 Å². The number of rotatable bonds is 2. The van der Waals surface area contributed by atoms with E-state index in [2.05, 4.69) is 0 Å². The maximum absolute atomic E-state index is 12.0. The average Bonchev–Trinajstić information content (AvgIpc) is 2.47. The molecule has 1 aliphatic heterocycles. The zero-order valence-electron chi connectivity index (χ0n) is 9.71. The SMILES string of the molecule is CC1(C)C(=O)C(C=O)C(=O)N1c1ccccc1. The Morgan fingerprint density at radius 3 is 2.24 bits per heavy atom. The molecule has 2 rings (SSSR count). The Balaban J connectivity index is 2.51. The number of carbonyl (C=O) groups is 3. The lowest BCUT2D eigenvalue weighted by molar-refractivity contribution is -0.132. The van der Waals surface area contributed by atoms with Gasteiger partial charge in [0.15, 0.2) is 11.7 Å². The van der Waals surface area contributed by atoms with Crippen LogP contribution in [0.15, 0.2) is 30.3 Å². The molecule has 1 amide bonds. The molecule has 1 atom stereocenters. The lowest BCUT2D eigenvalue weighted by Crippen LogP contribution is -2.44. The van der Waals surface area contributed by atoms with Crippen molar-refractivity contribution in [3.05, 3.63) is 30.3 Å². The predicted octanol–water partition coefficient (Wildman–Crippen LogP) is 1.20. The normalized spacial score (nSPS) is 22.9. The fourth-order valence-electron chi connectivity index (χ4n) is 2.16. The zero-order chi connectivity index (χ0) is 12.6. The van der Waals surface area contributed by atoms with Crippen molar-refractivity contribution in [1.82, 2.24) is 0 Å². The van der Waals surface area contributed by atoms with Crippen LogP contribution in [0.2, 0.25) is 0 Å². The Morgan fingerprint density at radius 2 is 1.76 bits per heavy atom. The topological polar surface area (TPSA) is 54.5 Å². The number of hydrogen-bond acceptors (Lipinski definition) is 3. The van der Waals surface area contributed by atoms with E-state index in [-0.39, 0.29) is 5.78 Å². The molecule has 0 spiro atoms. The summed E-state index contributed by atoms with van der Waals surface area (Å²) < 4.78 is 0. The van der Waals surface area contributed by atoms with Gasteiger partial charge in [-0.25, -0.2) is 0 Å². The molecule has 1 heterocycles. The van der Waals surface area contributed by atoms with Gasteiger partial charge in [-0.05, 0) is 26.0 Å². The Morgan fingerprint density at radius 1 is 1.18 bits per heavy atom. The fourth-order valence-corrected chi connectivity index (χ4v) is 2.16. The maximum atomic E-state index is 12.0. The molecule has 1 saturated heterocycles. The lowest BCUT2D eigenvalue weighted by atomic mass is 9.95. The molecule has 0 aliphatic carbocycles. The summed E-state index contributed by atoms with van der Waals surface area (Å²) in [5.74, 6) is -1.95. The van der Waals surface area contributed by atoms with E-state index in [1.807, 2.05) is 6.07 Å². The standard InChI is InChI=1S/C13H13NO3/c1-13(2)11(16)10(8-15)12(17)14(13)9-6-4-3-5-7-9/h3-8,10H,1-2H3. The number of hydrogen-bond donors (Lipinski definition) is 0. The van der Waals surface area contributed by atoms with Gasteiger partial charge in [0.2, 0.25) is 5.91 Å². The second kappa shape index (κ2) is 3.80. The van der Waals surface area contributed by atoms with Crippen molar-refractivity contribution in [3.63, 3.8) is 0 Å². The van der Waals surface area contributed by atoms with Crippen LogP contribution in [0, 0.1) is 5.92 Å². The smallest absolute Gasteiger partial charge is 0.245 e. The average molecular weight is 231 g/mol. The van der Waals surface area contributed by atoms with Gasteiger partial charge in [0.05, 0.1) is 0 Å². The van der Waals surface area contributed by atoms with Crippen LogP contribution in [0.4, 0.5) is 5.69 Å². The van der Waals surface area contributed by atoms with Crippen molar-refractivity contribution in [2.75, 3.05) is 4.90 Å². The summed E-state index contributed by atoms with van der Waals surface area (Å²) in [7, 11) is 0. The molecular formula is C13H13NO3. The summed E-state index contributed by atoms with van der Waals surface area (Å²) in [6, 6.07) is 8.91. The molecule has 0 saturated carbocycles. The van der Waals surface area contributed by atoms with Gasteiger partial charge in [0.1, 0.15) is 11.8 Å². The molecule has 1 unspecified atom stereocenters. The van der Waals surface area contributed by atoms with Crippen LogP contribution in [0.1, 0.15) is 13.8 Å². The highest BCUT2D eigenvalue weighted by Crippen LogP contribution is 2.34. The van der Waals surface area contributed by atoms with Gasteiger partial charge in [-0.15, -0.1) is 0 Å². The van der Waals surface area contributed by atoms with Crippen LogP contribution in [0.3, 0.4) is 0 Å². The van der Waals surface area contributed by atoms with E-state index in [0.29, 0.717) is 12.0 Å². The molecule has 4 nitrogen and oxygen atoms in total. The Labute approximate surface area is 99.2 Å². The quantitative estimate of drug-likeness (QED) is 0.567. The van der Waals surface area contributed by atoms with Crippen LogP contribution in [-0.4, -0.2) is 23.5 Å². The maximum Gasteiger partial charge on any atom is 0.245 e. The highest BCUT2D eigenvalue weighted by Gasteiger charge is 2.53. The van der Waals surface area contributed by atoms with Crippen LogP contribution in [0.5, 0.6) is 0 Å². The fraction of sp³-hybridized carbons (Fsp3) is 0.308. The molecule has 17 heavy (non-hydrogen) atoms. The number of nitrogens with zero attached hydrogens (tertiary/aromatic N) is 1. The molecule has 1 aliphatic rings. The third-order valence-corrected chi connectivity index (χ3v) is 3.08. The van der Waals surface area contributed by atoms with Crippen LogP contribution >= 0.6 is 0 Å². The second-order valence-electron chi connectivity index (χ2n) is 4.55. The highest BCUT2D eigenvalue weighted by molar-refractivity contribution is 6.28. The number of ketones is 1. The first-order chi connectivity index (χ1) is 8.00. The number of aldehydes is 1. The molecule has 1 aromatic carbocycles. The molecule has 88 valence electrons. The first-order valence-corrected chi connectivity index (χ1v) is 5.39. The molecule has 1 aromatic rings. The van der Waals surface area contributed by atoms with Crippen molar-refractivity contribution in [1.29, 1.82) is 0 Å². The van der Waals surface area contributed by atoms with E-state index in [1.165, 1.54) is 4.90 Å².